The van der Waals surface area contributed by atoms with Gasteiger partial charge in [0.05, 0.1) is 5.56 Å². The molecule has 1 aromatic rings. The average molecular weight is 383 g/mol. The zero-order valence-corrected chi connectivity index (χ0v) is 15.7. The molecule has 2 aliphatic rings. The largest absolute Gasteiger partial charge is 0.416 e. The van der Waals surface area contributed by atoms with Crippen molar-refractivity contribution in [2.75, 3.05) is 45.8 Å². The third-order valence-corrected chi connectivity index (χ3v) is 5.53. The van der Waals surface area contributed by atoms with E-state index in [1.165, 1.54) is 31.4 Å². The maximum Gasteiger partial charge on any atom is 0.416 e. The van der Waals surface area contributed by atoms with Gasteiger partial charge in [-0.3, -0.25) is 9.69 Å². The number of carbonyl (C=O) groups excluding carboxylic acids is 1. The molecule has 0 aliphatic carbocycles. The Kier molecular flexibility index (Phi) is 6.76. The van der Waals surface area contributed by atoms with E-state index in [0.717, 1.165) is 25.7 Å². The topological polar surface area (TPSA) is 26.8 Å². The maximum atomic E-state index is 13.2. The summed E-state index contributed by atoms with van der Waals surface area (Å²) in [7, 11) is 0. The molecule has 1 aromatic carbocycles. The summed E-state index contributed by atoms with van der Waals surface area (Å²) in [5.41, 5.74) is -0.304. The first-order valence-corrected chi connectivity index (χ1v) is 9.81. The molecule has 1 amide bonds. The van der Waals surface area contributed by atoms with Crippen LogP contribution in [0.15, 0.2) is 24.3 Å². The first-order valence-electron chi connectivity index (χ1n) is 9.81. The Balaban J connectivity index is 1.55. The Morgan fingerprint density at radius 1 is 0.852 bits per heavy atom. The van der Waals surface area contributed by atoms with Gasteiger partial charge >= 0.3 is 6.18 Å². The quantitative estimate of drug-likeness (QED) is 0.781. The number of alkyl halides is 3. The van der Waals surface area contributed by atoms with Gasteiger partial charge in [0, 0.05) is 45.7 Å². The fraction of sp³-hybridized carbons (Fsp3) is 0.650. The molecular weight excluding hydrogens is 355 g/mol. The molecule has 4 nitrogen and oxygen atoms in total. The number of amides is 1. The molecule has 2 heterocycles. The van der Waals surface area contributed by atoms with E-state index >= 15 is 0 Å². The maximum absolute atomic E-state index is 13.2. The molecule has 0 bridgehead atoms. The second kappa shape index (κ2) is 9.06. The van der Waals surface area contributed by atoms with E-state index < -0.39 is 11.7 Å². The molecule has 2 aliphatic heterocycles. The number of benzene rings is 1. The Morgan fingerprint density at radius 2 is 1.59 bits per heavy atom. The van der Waals surface area contributed by atoms with Gasteiger partial charge in [0.1, 0.15) is 0 Å². The second-order valence-electron chi connectivity index (χ2n) is 7.46. The minimum Gasteiger partial charge on any atom is -0.340 e. The summed E-state index contributed by atoms with van der Waals surface area (Å²) in [4.78, 5) is 18.7. The van der Waals surface area contributed by atoms with Crippen LogP contribution in [0.4, 0.5) is 13.2 Å². The van der Waals surface area contributed by atoms with Crippen LogP contribution in [0.25, 0.3) is 0 Å². The lowest BCUT2D eigenvalue weighted by molar-refractivity contribution is -0.138. The SMILES string of the molecule is O=C1CCN(Cc2ccccc2C(F)(F)F)CCN1CCN1CCCCC1. The summed E-state index contributed by atoms with van der Waals surface area (Å²) in [6, 6.07) is 5.71. The van der Waals surface area contributed by atoms with Gasteiger partial charge in [0.2, 0.25) is 5.91 Å². The van der Waals surface area contributed by atoms with Crippen molar-refractivity contribution in [2.24, 2.45) is 0 Å². The van der Waals surface area contributed by atoms with Gasteiger partial charge < -0.3 is 9.80 Å². The van der Waals surface area contributed by atoms with Crippen molar-refractivity contribution >= 4 is 5.91 Å². The molecule has 2 saturated heterocycles. The Bertz CT molecular complexity index is 629. The van der Waals surface area contributed by atoms with Crippen LogP contribution in [0.5, 0.6) is 0 Å². The van der Waals surface area contributed by atoms with Crippen LogP contribution in [0.2, 0.25) is 0 Å². The molecule has 3 rings (SSSR count). The standard InChI is InChI=1S/C20H28F3N3O/c21-20(22,23)18-7-3-2-6-17(18)16-25-11-8-19(27)26(15-13-25)14-12-24-9-4-1-5-10-24/h2-3,6-7H,1,4-5,8-16H2. The summed E-state index contributed by atoms with van der Waals surface area (Å²) < 4.78 is 39.6. The van der Waals surface area contributed by atoms with Crippen molar-refractivity contribution in [1.82, 2.24) is 14.7 Å². The Morgan fingerprint density at radius 3 is 2.33 bits per heavy atom. The molecular formula is C20H28F3N3O. The smallest absolute Gasteiger partial charge is 0.340 e. The molecule has 27 heavy (non-hydrogen) atoms. The molecule has 0 N–H and O–H groups in total. The van der Waals surface area contributed by atoms with Crippen molar-refractivity contribution in [3.8, 4) is 0 Å². The summed E-state index contributed by atoms with van der Waals surface area (Å²) in [6.45, 7) is 5.73. The fourth-order valence-corrected chi connectivity index (χ4v) is 3.93. The van der Waals surface area contributed by atoms with Crippen molar-refractivity contribution in [3.05, 3.63) is 35.4 Å². The number of hydrogen-bond acceptors (Lipinski definition) is 3. The van der Waals surface area contributed by atoms with Crippen LogP contribution < -0.4 is 0 Å². The summed E-state index contributed by atoms with van der Waals surface area (Å²) in [6.07, 6.45) is -0.249. The van der Waals surface area contributed by atoms with Crippen molar-refractivity contribution < 1.29 is 18.0 Å². The average Bonchev–Trinajstić information content (AvgIpc) is 2.82. The summed E-state index contributed by atoms with van der Waals surface area (Å²) in [5.74, 6) is 0.110. The van der Waals surface area contributed by atoms with E-state index in [1.54, 1.807) is 6.07 Å². The van der Waals surface area contributed by atoms with Gasteiger partial charge in [-0.2, -0.15) is 13.2 Å². The number of carbonyl (C=O) groups is 1. The van der Waals surface area contributed by atoms with Gasteiger partial charge in [-0.05, 0) is 37.6 Å². The van der Waals surface area contributed by atoms with Crippen LogP contribution in [0.3, 0.4) is 0 Å². The van der Waals surface area contributed by atoms with Crippen molar-refractivity contribution in [1.29, 1.82) is 0 Å². The lowest BCUT2D eigenvalue weighted by Crippen LogP contribution is -2.41. The molecule has 150 valence electrons. The van der Waals surface area contributed by atoms with Gasteiger partial charge in [-0.25, -0.2) is 0 Å². The number of nitrogens with zero attached hydrogens (tertiary/aromatic N) is 3. The minimum atomic E-state index is -4.35. The van der Waals surface area contributed by atoms with Gasteiger partial charge in [-0.1, -0.05) is 24.6 Å². The minimum absolute atomic E-state index is 0.110. The van der Waals surface area contributed by atoms with Crippen LogP contribution in [0, 0.1) is 0 Å². The second-order valence-corrected chi connectivity index (χ2v) is 7.46. The molecule has 0 atom stereocenters. The zero-order chi connectivity index (χ0) is 19.3. The van der Waals surface area contributed by atoms with Crippen LogP contribution in [-0.4, -0.2) is 66.4 Å². The zero-order valence-electron chi connectivity index (χ0n) is 15.7. The fourth-order valence-electron chi connectivity index (χ4n) is 3.93. The lowest BCUT2D eigenvalue weighted by atomic mass is 10.1. The highest BCUT2D eigenvalue weighted by Crippen LogP contribution is 2.32. The van der Waals surface area contributed by atoms with Gasteiger partial charge in [0.15, 0.2) is 0 Å². The molecule has 0 unspecified atom stereocenters. The molecule has 7 heteroatoms. The highest BCUT2D eigenvalue weighted by Gasteiger charge is 2.33. The molecule has 0 saturated carbocycles. The van der Waals surface area contributed by atoms with Crippen molar-refractivity contribution in [2.45, 2.75) is 38.4 Å². The van der Waals surface area contributed by atoms with E-state index in [9.17, 15) is 18.0 Å². The predicted molar refractivity (Wildman–Crippen MR) is 98.2 cm³/mol. The van der Waals surface area contributed by atoms with E-state index in [-0.39, 0.29) is 18.0 Å². The molecule has 0 aromatic heterocycles. The van der Waals surface area contributed by atoms with Crippen LogP contribution in [0.1, 0.15) is 36.8 Å². The van der Waals surface area contributed by atoms with Gasteiger partial charge in [-0.15, -0.1) is 0 Å². The summed E-state index contributed by atoms with van der Waals surface area (Å²) in [5, 5.41) is 0. The number of hydrogen-bond donors (Lipinski definition) is 0. The van der Waals surface area contributed by atoms with Crippen LogP contribution in [-0.2, 0) is 17.5 Å². The molecule has 0 spiro atoms. The third-order valence-electron chi connectivity index (χ3n) is 5.53. The highest BCUT2D eigenvalue weighted by atomic mass is 19.4. The predicted octanol–water partition coefficient (Wildman–Crippen LogP) is 3.23. The van der Waals surface area contributed by atoms with E-state index in [0.29, 0.717) is 32.6 Å². The lowest BCUT2D eigenvalue weighted by Gasteiger charge is -2.29. The Hall–Kier alpha value is -1.60. The first kappa shape index (κ1) is 20.1. The van der Waals surface area contributed by atoms with E-state index in [4.69, 9.17) is 0 Å². The van der Waals surface area contributed by atoms with Crippen molar-refractivity contribution in [3.63, 3.8) is 0 Å². The third kappa shape index (κ3) is 5.69. The number of rotatable bonds is 5. The number of halogens is 3. The highest BCUT2D eigenvalue weighted by molar-refractivity contribution is 5.76. The Labute approximate surface area is 158 Å². The van der Waals surface area contributed by atoms with Gasteiger partial charge in [0.25, 0.3) is 0 Å². The van der Waals surface area contributed by atoms with E-state index in [2.05, 4.69) is 4.90 Å². The number of likely N-dealkylation sites (tertiary alicyclic amines) is 1. The first-order chi connectivity index (χ1) is 12.9. The molecule has 2 fully saturated rings. The summed E-state index contributed by atoms with van der Waals surface area (Å²) >= 11 is 0. The molecule has 0 radical (unpaired) electrons. The number of piperidine rings is 1. The van der Waals surface area contributed by atoms with E-state index in [1.807, 2.05) is 9.80 Å². The normalized spacial score (nSPS) is 20.7. The monoisotopic (exact) mass is 383 g/mol. The van der Waals surface area contributed by atoms with Crippen LogP contribution >= 0.6 is 0 Å².